The van der Waals surface area contributed by atoms with Crippen molar-refractivity contribution < 1.29 is 23.8 Å². The quantitative estimate of drug-likeness (QED) is 0.864. The molecule has 0 aromatic heterocycles. The van der Waals surface area contributed by atoms with Gasteiger partial charge in [-0.25, -0.2) is 4.39 Å². The van der Waals surface area contributed by atoms with E-state index in [0.29, 0.717) is 30.5 Å². The van der Waals surface area contributed by atoms with Crippen molar-refractivity contribution in [3.8, 4) is 0 Å². The van der Waals surface area contributed by atoms with Gasteiger partial charge in [0.25, 0.3) is 5.91 Å². The highest BCUT2D eigenvalue weighted by molar-refractivity contribution is 9.10. The van der Waals surface area contributed by atoms with Crippen LogP contribution in [-0.4, -0.2) is 35.7 Å². The number of amides is 1. The van der Waals surface area contributed by atoms with Crippen LogP contribution in [0, 0.1) is 5.82 Å². The van der Waals surface area contributed by atoms with Gasteiger partial charge in [-0.15, -0.1) is 0 Å². The van der Waals surface area contributed by atoms with Crippen LogP contribution in [0.15, 0.2) is 22.7 Å². The SMILES string of the molecule is O=C(O)CC1(NC(=O)c2cc(F)ccc2Br)CCOCC1. The fourth-order valence-electron chi connectivity index (χ4n) is 2.38. The second-order valence-electron chi connectivity index (χ2n) is 5.04. The molecule has 0 atom stereocenters. The molecule has 1 aliphatic heterocycles. The smallest absolute Gasteiger partial charge is 0.305 e. The standard InChI is InChI=1S/C14H15BrFNO4/c15-11-2-1-9(16)7-10(11)13(20)17-14(8-12(18)19)3-5-21-6-4-14/h1-2,7H,3-6,8H2,(H,17,20)(H,18,19). The van der Waals surface area contributed by atoms with Crippen molar-refractivity contribution in [3.63, 3.8) is 0 Å². The summed E-state index contributed by atoms with van der Waals surface area (Å²) in [4.78, 5) is 23.4. The molecule has 0 unspecified atom stereocenters. The lowest BCUT2D eigenvalue weighted by molar-refractivity contribution is -0.139. The molecule has 1 aromatic rings. The van der Waals surface area contributed by atoms with Crippen molar-refractivity contribution in [2.24, 2.45) is 0 Å². The van der Waals surface area contributed by atoms with E-state index >= 15 is 0 Å². The van der Waals surface area contributed by atoms with Gasteiger partial charge in [0.05, 0.1) is 17.5 Å². The fourth-order valence-corrected chi connectivity index (χ4v) is 2.80. The summed E-state index contributed by atoms with van der Waals surface area (Å²) in [5.74, 6) is -2.01. The predicted molar refractivity (Wildman–Crippen MR) is 76.6 cm³/mol. The number of carbonyl (C=O) groups excluding carboxylic acids is 1. The molecule has 1 aliphatic rings. The molecule has 2 N–H and O–H groups in total. The summed E-state index contributed by atoms with van der Waals surface area (Å²) >= 11 is 3.20. The van der Waals surface area contributed by atoms with E-state index < -0.39 is 23.2 Å². The Morgan fingerprint density at radius 3 is 2.67 bits per heavy atom. The maximum atomic E-state index is 13.3. The third-order valence-electron chi connectivity index (χ3n) is 3.49. The number of hydrogen-bond donors (Lipinski definition) is 2. The lowest BCUT2D eigenvalue weighted by atomic mass is 9.86. The van der Waals surface area contributed by atoms with Crippen molar-refractivity contribution in [1.29, 1.82) is 0 Å². The van der Waals surface area contributed by atoms with E-state index in [4.69, 9.17) is 9.84 Å². The summed E-state index contributed by atoms with van der Waals surface area (Å²) in [7, 11) is 0. The van der Waals surface area contributed by atoms with Crippen LogP contribution < -0.4 is 5.32 Å². The molecule has 114 valence electrons. The molecule has 21 heavy (non-hydrogen) atoms. The van der Waals surface area contributed by atoms with Gasteiger partial charge in [-0.3, -0.25) is 9.59 Å². The molecule has 1 heterocycles. The first-order chi connectivity index (χ1) is 9.92. The summed E-state index contributed by atoms with van der Waals surface area (Å²) < 4.78 is 19.0. The van der Waals surface area contributed by atoms with Crippen molar-refractivity contribution >= 4 is 27.8 Å². The molecule has 0 aliphatic carbocycles. The number of nitrogens with one attached hydrogen (secondary N) is 1. The summed E-state index contributed by atoms with van der Waals surface area (Å²) in [6, 6.07) is 3.80. The van der Waals surface area contributed by atoms with E-state index in [-0.39, 0.29) is 12.0 Å². The van der Waals surface area contributed by atoms with Gasteiger partial charge in [-0.1, -0.05) is 0 Å². The largest absolute Gasteiger partial charge is 0.481 e. The highest BCUT2D eigenvalue weighted by Gasteiger charge is 2.36. The van der Waals surface area contributed by atoms with Crippen LogP contribution in [0.2, 0.25) is 0 Å². The van der Waals surface area contributed by atoms with Crippen LogP contribution in [0.4, 0.5) is 4.39 Å². The van der Waals surface area contributed by atoms with Crippen LogP contribution in [0.25, 0.3) is 0 Å². The molecule has 5 nitrogen and oxygen atoms in total. The van der Waals surface area contributed by atoms with Gasteiger partial charge < -0.3 is 15.2 Å². The van der Waals surface area contributed by atoms with Crippen LogP contribution in [-0.2, 0) is 9.53 Å². The number of aliphatic carboxylic acids is 1. The summed E-state index contributed by atoms with van der Waals surface area (Å²) in [6.45, 7) is 0.774. The van der Waals surface area contributed by atoms with E-state index in [9.17, 15) is 14.0 Å². The molecule has 1 amide bonds. The van der Waals surface area contributed by atoms with Gasteiger partial charge >= 0.3 is 5.97 Å². The normalized spacial score (nSPS) is 17.2. The van der Waals surface area contributed by atoms with Gasteiger partial charge in [0.1, 0.15) is 5.82 Å². The number of halogens is 2. The van der Waals surface area contributed by atoms with E-state index in [1.165, 1.54) is 12.1 Å². The third kappa shape index (κ3) is 4.01. The molecular formula is C14H15BrFNO4. The highest BCUT2D eigenvalue weighted by atomic mass is 79.9. The summed E-state index contributed by atoms with van der Waals surface area (Å²) in [6.07, 6.45) is 0.644. The number of rotatable bonds is 4. The Morgan fingerprint density at radius 1 is 1.38 bits per heavy atom. The number of carboxylic acid groups (broad SMARTS) is 1. The van der Waals surface area contributed by atoms with Crippen LogP contribution >= 0.6 is 15.9 Å². The first kappa shape index (κ1) is 15.9. The Labute approximate surface area is 129 Å². The van der Waals surface area contributed by atoms with E-state index in [1.54, 1.807) is 0 Å². The number of benzene rings is 1. The molecule has 7 heteroatoms. The Morgan fingerprint density at radius 2 is 2.05 bits per heavy atom. The first-order valence-electron chi connectivity index (χ1n) is 6.49. The van der Waals surface area contributed by atoms with Gasteiger partial charge in [0.15, 0.2) is 0 Å². The number of hydrogen-bond acceptors (Lipinski definition) is 3. The average molecular weight is 360 g/mol. The minimum atomic E-state index is -0.990. The van der Waals surface area contributed by atoms with Gasteiger partial charge in [-0.2, -0.15) is 0 Å². The zero-order valence-corrected chi connectivity index (χ0v) is 12.8. The van der Waals surface area contributed by atoms with Crippen LogP contribution in [0.5, 0.6) is 0 Å². The molecule has 0 saturated carbocycles. The average Bonchev–Trinajstić information content (AvgIpc) is 2.41. The summed E-state index contributed by atoms with van der Waals surface area (Å²) in [5.41, 5.74) is -0.710. The lowest BCUT2D eigenvalue weighted by Gasteiger charge is -2.36. The Balaban J connectivity index is 2.21. The molecule has 1 fully saturated rings. The number of carbonyl (C=O) groups is 2. The Bertz CT molecular complexity index is 558. The maximum absolute atomic E-state index is 13.3. The first-order valence-corrected chi connectivity index (χ1v) is 7.28. The van der Waals surface area contributed by atoms with Gasteiger partial charge in [0.2, 0.25) is 0 Å². The topological polar surface area (TPSA) is 75.6 Å². The highest BCUT2D eigenvalue weighted by Crippen LogP contribution is 2.26. The molecular weight excluding hydrogens is 345 g/mol. The van der Waals surface area contributed by atoms with E-state index in [1.807, 2.05) is 0 Å². The lowest BCUT2D eigenvalue weighted by Crippen LogP contribution is -2.53. The molecule has 1 saturated heterocycles. The van der Waals surface area contributed by atoms with E-state index in [2.05, 4.69) is 21.2 Å². The van der Waals surface area contributed by atoms with E-state index in [0.717, 1.165) is 6.07 Å². The Kier molecular flexibility index (Phi) is 4.95. The second kappa shape index (κ2) is 6.53. The second-order valence-corrected chi connectivity index (χ2v) is 5.90. The molecule has 2 rings (SSSR count). The van der Waals surface area contributed by atoms with Crippen LogP contribution in [0.1, 0.15) is 29.6 Å². The minimum Gasteiger partial charge on any atom is -0.481 e. The minimum absolute atomic E-state index is 0.145. The number of ether oxygens (including phenoxy) is 1. The molecule has 0 bridgehead atoms. The van der Waals surface area contributed by atoms with Crippen LogP contribution in [0.3, 0.4) is 0 Å². The van der Waals surface area contributed by atoms with Crippen molar-refractivity contribution in [3.05, 3.63) is 34.1 Å². The fraction of sp³-hybridized carbons (Fsp3) is 0.429. The van der Waals surface area contributed by atoms with Crippen molar-refractivity contribution in [2.75, 3.05) is 13.2 Å². The van der Waals surface area contributed by atoms with Gasteiger partial charge in [0, 0.05) is 17.7 Å². The van der Waals surface area contributed by atoms with Crippen molar-refractivity contribution in [2.45, 2.75) is 24.8 Å². The summed E-state index contributed by atoms with van der Waals surface area (Å²) in [5, 5.41) is 11.8. The van der Waals surface area contributed by atoms with Gasteiger partial charge in [-0.05, 0) is 47.0 Å². The molecule has 0 radical (unpaired) electrons. The zero-order chi connectivity index (χ0) is 15.5. The molecule has 0 spiro atoms. The number of carboxylic acids is 1. The third-order valence-corrected chi connectivity index (χ3v) is 4.18. The van der Waals surface area contributed by atoms with Crippen molar-refractivity contribution in [1.82, 2.24) is 5.32 Å². The molecule has 1 aromatic carbocycles. The monoisotopic (exact) mass is 359 g/mol. The maximum Gasteiger partial charge on any atom is 0.305 e. The predicted octanol–water partition coefficient (Wildman–Crippen LogP) is 2.34. The Hall–Kier alpha value is -1.47. The zero-order valence-electron chi connectivity index (χ0n) is 11.2.